The molecule has 0 spiro atoms. The average molecular weight is 367 g/mol. The summed E-state index contributed by atoms with van der Waals surface area (Å²) in [7, 11) is 1.58. The highest BCUT2D eigenvalue weighted by atomic mass is 16.5. The van der Waals surface area contributed by atoms with Crippen LogP contribution in [0.15, 0.2) is 48.5 Å². The molecule has 142 valence electrons. The third-order valence-electron chi connectivity index (χ3n) is 4.75. The quantitative estimate of drug-likeness (QED) is 0.870. The Kier molecular flexibility index (Phi) is 5.96. The topological polar surface area (TPSA) is 70.7 Å². The van der Waals surface area contributed by atoms with Crippen molar-refractivity contribution in [3.63, 3.8) is 0 Å². The van der Waals surface area contributed by atoms with Gasteiger partial charge in [0.25, 0.3) is 5.91 Å². The Bertz CT molecular complexity index is 797. The summed E-state index contributed by atoms with van der Waals surface area (Å²) < 4.78 is 5.16. The van der Waals surface area contributed by atoms with E-state index in [4.69, 9.17) is 4.74 Å². The first kappa shape index (κ1) is 18.8. The van der Waals surface area contributed by atoms with Gasteiger partial charge in [-0.2, -0.15) is 0 Å². The Morgan fingerprint density at radius 3 is 2.44 bits per heavy atom. The van der Waals surface area contributed by atoms with Crippen LogP contribution in [-0.2, 0) is 0 Å². The van der Waals surface area contributed by atoms with Crippen LogP contribution >= 0.6 is 0 Å². The number of nitrogens with one attached hydrogen (secondary N) is 2. The Morgan fingerprint density at radius 2 is 1.78 bits per heavy atom. The molecule has 6 heteroatoms. The fourth-order valence-electron chi connectivity index (χ4n) is 3.10. The third kappa shape index (κ3) is 5.00. The summed E-state index contributed by atoms with van der Waals surface area (Å²) in [6.45, 7) is 3.23. The third-order valence-corrected chi connectivity index (χ3v) is 4.75. The van der Waals surface area contributed by atoms with Crippen LogP contribution in [0.4, 0.5) is 10.5 Å². The Hall–Kier alpha value is -3.02. The van der Waals surface area contributed by atoms with Gasteiger partial charge in [-0.3, -0.25) is 4.79 Å². The minimum atomic E-state index is -0.114. The van der Waals surface area contributed by atoms with E-state index < -0.39 is 0 Å². The summed E-state index contributed by atoms with van der Waals surface area (Å²) >= 11 is 0. The maximum atomic E-state index is 12.4. The van der Waals surface area contributed by atoms with Crippen LogP contribution in [0.1, 0.15) is 28.8 Å². The van der Waals surface area contributed by atoms with Gasteiger partial charge in [-0.25, -0.2) is 4.79 Å². The number of aryl methyl sites for hydroxylation is 1. The van der Waals surface area contributed by atoms with Crippen molar-refractivity contribution in [2.24, 2.45) is 0 Å². The molecule has 27 heavy (non-hydrogen) atoms. The monoisotopic (exact) mass is 367 g/mol. The number of methoxy groups -OCH3 is 1. The molecule has 1 heterocycles. The molecule has 0 bridgehead atoms. The number of benzene rings is 2. The Labute approximate surface area is 159 Å². The molecule has 1 aliphatic heterocycles. The van der Waals surface area contributed by atoms with Gasteiger partial charge < -0.3 is 20.3 Å². The first-order chi connectivity index (χ1) is 13.0. The van der Waals surface area contributed by atoms with E-state index >= 15 is 0 Å². The number of carbonyl (C=O) groups excluding carboxylic acids is 2. The molecule has 0 radical (unpaired) electrons. The van der Waals surface area contributed by atoms with E-state index in [2.05, 4.69) is 10.6 Å². The number of anilines is 1. The number of carbonyl (C=O) groups is 2. The van der Waals surface area contributed by atoms with Crippen LogP contribution in [0.3, 0.4) is 0 Å². The molecule has 0 atom stereocenters. The average Bonchev–Trinajstić information content (AvgIpc) is 2.70. The van der Waals surface area contributed by atoms with Gasteiger partial charge >= 0.3 is 6.03 Å². The zero-order valence-electron chi connectivity index (χ0n) is 15.7. The summed E-state index contributed by atoms with van der Waals surface area (Å²) in [6.07, 6.45) is 1.47. The highest BCUT2D eigenvalue weighted by molar-refractivity contribution is 5.94. The highest BCUT2D eigenvalue weighted by Gasteiger charge is 2.24. The number of ether oxygens (including phenoxy) is 1. The smallest absolute Gasteiger partial charge is 0.321 e. The lowest BCUT2D eigenvalue weighted by Gasteiger charge is -2.32. The van der Waals surface area contributed by atoms with Crippen LogP contribution in [0.5, 0.6) is 5.75 Å². The molecule has 3 rings (SSSR count). The van der Waals surface area contributed by atoms with Gasteiger partial charge in [0.2, 0.25) is 0 Å². The predicted molar refractivity (Wildman–Crippen MR) is 105 cm³/mol. The summed E-state index contributed by atoms with van der Waals surface area (Å²) in [4.78, 5) is 26.6. The Morgan fingerprint density at radius 1 is 1.07 bits per heavy atom. The number of hydrogen-bond donors (Lipinski definition) is 2. The summed E-state index contributed by atoms with van der Waals surface area (Å²) in [5.74, 6) is 0.543. The van der Waals surface area contributed by atoms with Gasteiger partial charge in [0, 0.05) is 30.4 Å². The lowest BCUT2D eigenvalue weighted by Crippen LogP contribution is -2.47. The van der Waals surface area contributed by atoms with Gasteiger partial charge in [-0.1, -0.05) is 23.8 Å². The molecule has 3 amide bonds. The molecule has 1 aliphatic rings. The van der Waals surface area contributed by atoms with Crippen molar-refractivity contribution < 1.29 is 14.3 Å². The fourth-order valence-corrected chi connectivity index (χ4v) is 3.10. The molecule has 0 aromatic heterocycles. The van der Waals surface area contributed by atoms with Crippen molar-refractivity contribution in [1.82, 2.24) is 10.2 Å². The number of nitrogens with zero attached hydrogens (tertiary/aromatic N) is 1. The first-order valence-corrected chi connectivity index (χ1v) is 9.12. The van der Waals surface area contributed by atoms with Crippen molar-refractivity contribution in [3.8, 4) is 5.75 Å². The van der Waals surface area contributed by atoms with Crippen LogP contribution in [-0.4, -0.2) is 43.1 Å². The van der Waals surface area contributed by atoms with E-state index in [1.165, 1.54) is 0 Å². The van der Waals surface area contributed by atoms with Crippen molar-refractivity contribution in [3.05, 3.63) is 59.7 Å². The van der Waals surface area contributed by atoms with Crippen molar-refractivity contribution in [2.45, 2.75) is 25.8 Å². The molecule has 1 saturated heterocycles. The first-order valence-electron chi connectivity index (χ1n) is 9.12. The molecule has 0 aliphatic carbocycles. The Balaban J connectivity index is 1.48. The second-order valence-electron chi connectivity index (χ2n) is 6.76. The van der Waals surface area contributed by atoms with E-state index in [0.29, 0.717) is 24.4 Å². The van der Waals surface area contributed by atoms with Crippen LogP contribution in [0.2, 0.25) is 0 Å². The number of likely N-dealkylation sites (tertiary alicyclic amines) is 1. The number of hydrogen-bond acceptors (Lipinski definition) is 3. The van der Waals surface area contributed by atoms with E-state index in [0.717, 1.165) is 24.1 Å². The van der Waals surface area contributed by atoms with Gasteiger partial charge in [-0.05, 0) is 50.1 Å². The second-order valence-corrected chi connectivity index (χ2v) is 6.76. The molecule has 6 nitrogen and oxygen atoms in total. The number of amides is 3. The van der Waals surface area contributed by atoms with Crippen molar-refractivity contribution in [2.75, 3.05) is 25.5 Å². The maximum Gasteiger partial charge on any atom is 0.321 e. The lowest BCUT2D eigenvalue weighted by atomic mass is 10.0. The maximum absolute atomic E-state index is 12.4. The SMILES string of the molecule is COc1cccc(C(=O)NC2CCN(C(=O)Nc3ccc(C)cc3)CC2)c1. The standard InChI is InChI=1S/C21H25N3O3/c1-15-6-8-17(9-7-15)23-21(26)24-12-10-18(11-13-24)22-20(25)16-4-3-5-19(14-16)27-2/h3-9,14,18H,10-13H2,1-2H3,(H,22,25)(H,23,26). The molecular weight excluding hydrogens is 342 g/mol. The van der Waals surface area contributed by atoms with E-state index in [-0.39, 0.29) is 18.0 Å². The van der Waals surface area contributed by atoms with E-state index in [1.54, 1.807) is 30.2 Å². The second kappa shape index (κ2) is 8.58. The molecule has 2 aromatic rings. The molecule has 0 saturated carbocycles. The molecule has 2 aromatic carbocycles. The highest BCUT2D eigenvalue weighted by Crippen LogP contribution is 2.16. The van der Waals surface area contributed by atoms with Crippen molar-refractivity contribution in [1.29, 1.82) is 0 Å². The minimum absolute atomic E-state index is 0.0622. The van der Waals surface area contributed by atoms with Crippen molar-refractivity contribution >= 4 is 17.6 Å². The molecule has 1 fully saturated rings. The molecular formula is C21H25N3O3. The van der Waals surface area contributed by atoms with Crippen LogP contribution in [0.25, 0.3) is 0 Å². The summed E-state index contributed by atoms with van der Waals surface area (Å²) in [5, 5.41) is 5.97. The number of piperidine rings is 1. The number of urea groups is 1. The van der Waals surface area contributed by atoms with Crippen LogP contribution in [0, 0.1) is 6.92 Å². The van der Waals surface area contributed by atoms with Gasteiger partial charge in [-0.15, -0.1) is 0 Å². The van der Waals surface area contributed by atoms with E-state index in [1.807, 2.05) is 37.3 Å². The molecule has 0 unspecified atom stereocenters. The van der Waals surface area contributed by atoms with E-state index in [9.17, 15) is 9.59 Å². The fraction of sp³-hybridized carbons (Fsp3) is 0.333. The largest absolute Gasteiger partial charge is 0.497 e. The lowest BCUT2D eigenvalue weighted by molar-refractivity contribution is 0.0919. The summed E-state index contributed by atoms with van der Waals surface area (Å²) in [6, 6.07) is 14.8. The minimum Gasteiger partial charge on any atom is -0.497 e. The molecule has 2 N–H and O–H groups in total. The summed E-state index contributed by atoms with van der Waals surface area (Å²) in [5.41, 5.74) is 2.52. The zero-order valence-corrected chi connectivity index (χ0v) is 15.7. The normalized spacial score (nSPS) is 14.5. The predicted octanol–water partition coefficient (Wildman–Crippen LogP) is 3.43. The van der Waals surface area contributed by atoms with Gasteiger partial charge in [0.05, 0.1) is 7.11 Å². The van der Waals surface area contributed by atoms with Crippen LogP contribution < -0.4 is 15.4 Å². The van der Waals surface area contributed by atoms with Gasteiger partial charge in [0.15, 0.2) is 0 Å². The number of rotatable bonds is 4. The van der Waals surface area contributed by atoms with Gasteiger partial charge in [0.1, 0.15) is 5.75 Å². The zero-order chi connectivity index (χ0) is 19.2.